The molecule has 0 N–H and O–H groups in total. The Morgan fingerprint density at radius 2 is 1.00 bits per heavy atom. The van der Waals surface area contributed by atoms with E-state index >= 15 is 0 Å². The van der Waals surface area contributed by atoms with Crippen LogP contribution in [0.4, 0.5) is 0 Å². The second kappa shape index (κ2) is 13.6. The zero-order valence-corrected chi connectivity index (χ0v) is 31.4. The molecule has 0 saturated carbocycles. The average molecular weight is 755 g/mol. The van der Waals surface area contributed by atoms with E-state index in [4.69, 9.17) is 9.47 Å². The van der Waals surface area contributed by atoms with Crippen molar-refractivity contribution in [3.8, 4) is 22.6 Å². The van der Waals surface area contributed by atoms with Gasteiger partial charge >= 0.3 is 0 Å². The fourth-order valence-corrected chi connectivity index (χ4v) is 9.22. The first kappa shape index (κ1) is 32.7. The summed E-state index contributed by atoms with van der Waals surface area (Å²) < 4.78 is 15.4. The normalized spacial score (nSPS) is 15.0. The van der Waals surface area contributed by atoms with Gasteiger partial charge in [-0.25, -0.2) is 0 Å². The van der Waals surface area contributed by atoms with E-state index in [-0.39, 0.29) is 0 Å². The topological polar surface area (TPSA) is 18.5 Å². The summed E-state index contributed by atoms with van der Waals surface area (Å²) in [5.74, 6) is 3.06. The van der Waals surface area contributed by atoms with Crippen molar-refractivity contribution in [1.29, 1.82) is 0 Å². The smallest absolute Gasteiger partial charge is 0.119 e. The molecule has 4 heteroatoms. The van der Waals surface area contributed by atoms with Crippen LogP contribution in [0.5, 0.6) is 11.5 Å². The molecule has 0 aliphatic heterocycles. The molecule has 0 radical (unpaired) electrons. The van der Waals surface area contributed by atoms with Gasteiger partial charge in [0, 0.05) is 8.95 Å². The van der Waals surface area contributed by atoms with Crippen LogP contribution < -0.4 is 9.47 Å². The van der Waals surface area contributed by atoms with Crippen molar-refractivity contribution in [1.82, 2.24) is 0 Å². The fraction of sp³-hybridized carbons (Fsp3) is 0.395. The number of hydrogen-bond acceptors (Lipinski definition) is 2. The Kier molecular flexibility index (Phi) is 9.46. The third-order valence-corrected chi connectivity index (χ3v) is 11.8. The van der Waals surface area contributed by atoms with Gasteiger partial charge in [-0.05, 0) is 128 Å². The summed E-state index contributed by atoms with van der Waals surface area (Å²) in [5.41, 5.74) is 7.39. The Labute approximate surface area is 297 Å². The molecule has 2 aliphatic rings. The first-order chi connectivity index (χ1) is 22.9. The molecule has 7 rings (SSSR count). The highest BCUT2D eigenvalue weighted by Gasteiger charge is 2.51. The number of halogens is 2. The maximum atomic E-state index is 6.58. The van der Waals surface area contributed by atoms with Crippen molar-refractivity contribution >= 4 is 53.4 Å². The summed E-state index contributed by atoms with van der Waals surface area (Å²) in [7, 11) is 0. The summed E-state index contributed by atoms with van der Waals surface area (Å²) in [6.45, 7) is 10.6. The first-order valence-corrected chi connectivity index (χ1v) is 19.4. The van der Waals surface area contributed by atoms with Gasteiger partial charge in [0.05, 0.1) is 18.6 Å². The van der Waals surface area contributed by atoms with Crippen molar-refractivity contribution in [3.05, 3.63) is 104 Å². The van der Waals surface area contributed by atoms with Crippen LogP contribution in [0.3, 0.4) is 0 Å². The number of rotatable bonds is 14. The highest BCUT2D eigenvalue weighted by Crippen LogP contribution is 2.63. The number of unbranched alkanes of at least 4 members (excludes halogenated alkanes) is 2. The fourth-order valence-electron chi connectivity index (χ4n) is 8.27. The molecule has 5 aromatic carbocycles. The van der Waals surface area contributed by atoms with E-state index in [0.29, 0.717) is 11.8 Å². The van der Waals surface area contributed by atoms with E-state index in [9.17, 15) is 0 Å². The van der Waals surface area contributed by atoms with Crippen LogP contribution in [-0.2, 0) is 5.41 Å². The highest BCUT2D eigenvalue weighted by molar-refractivity contribution is 9.10. The van der Waals surface area contributed by atoms with E-state index in [2.05, 4.69) is 132 Å². The summed E-state index contributed by atoms with van der Waals surface area (Å²) >= 11 is 7.81. The van der Waals surface area contributed by atoms with E-state index in [1.54, 1.807) is 0 Å². The van der Waals surface area contributed by atoms with Crippen molar-refractivity contribution in [2.75, 3.05) is 13.2 Å². The Balaban J connectivity index is 1.39. The van der Waals surface area contributed by atoms with Crippen LogP contribution in [0.1, 0.15) is 101 Å². The van der Waals surface area contributed by atoms with E-state index in [1.807, 2.05) is 0 Å². The van der Waals surface area contributed by atoms with Gasteiger partial charge < -0.3 is 9.47 Å². The van der Waals surface area contributed by atoms with Crippen LogP contribution in [0.2, 0.25) is 0 Å². The van der Waals surface area contributed by atoms with Gasteiger partial charge in [-0.3, -0.25) is 0 Å². The van der Waals surface area contributed by atoms with Crippen molar-refractivity contribution in [2.24, 2.45) is 11.8 Å². The minimum atomic E-state index is -0.435. The lowest BCUT2D eigenvalue weighted by Crippen LogP contribution is -2.26. The molecule has 0 fully saturated rings. The van der Waals surface area contributed by atoms with E-state index < -0.39 is 5.41 Å². The van der Waals surface area contributed by atoms with Gasteiger partial charge in [0.1, 0.15) is 11.5 Å². The molecule has 244 valence electrons. The maximum absolute atomic E-state index is 6.58. The molecule has 2 nitrogen and oxygen atoms in total. The van der Waals surface area contributed by atoms with Gasteiger partial charge in [-0.1, -0.05) is 122 Å². The number of hydrogen-bond donors (Lipinski definition) is 0. The van der Waals surface area contributed by atoms with Crippen LogP contribution >= 0.6 is 31.9 Å². The lowest BCUT2D eigenvalue weighted by Gasteiger charge is -2.31. The highest BCUT2D eigenvalue weighted by atomic mass is 79.9. The summed E-state index contributed by atoms with van der Waals surface area (Å²) in [6, 6.07) is 27.5. The van der Waals surface area contributed by atoms with Gasteiger partial charge in [0.25, 0.3) is 0 Å². The largest absolute Gasteiger partial charge is 0.493 e. The Morgan fingerprint density at radius 1 is 0.553 bits per heavy atom. The number of benzene rings is 5. The summed E-state index contributed by atoms with van der Waals surface area (Å²) in [4.78, 5) is 0. The predicted molar refractivity (Wildman–Crippen MR) is 205 cm³/mol. The predicted octanol–water partition coefficient (Wildman–Crippen LogP) is 13.4. The second-order valence-electron chi connectivity index (χ2n) is 13.8. The van der Waals surface area contributed by atoms with Crippen molar-refractivity contribution < 1.29 is 9.47 Å². The molecule has 47 heavy (non-hydrogen) atoms. The van der Waals surface area contributed by atoms with Crippen molar-refractivity contribution in [2.45, 2.75) is 84.5 Å². The average Bonchev–Trinajstić information content (AvgIpc) is 3.53. The van der Waals surface area contributed by atoms with E-state index in [1.165, 1.54) is 93.5 Å². The lowest BCUT2D eigenvalue weighted by atomic mass is 9.70. The molecular formula is C43H46Br2O2. The standard InChI is InChI=1S/C43H46Br2O2/c1-5-9-11-27(7-3)25-46-33-15-17-37-35(23-33)36-24-34(47-26-28(8-4)12-10-6-2)16-18-38(36)43(37)39-21-31(44)19-29-13-14-30-20-32(45)22-40(43)42(30)41(29)39/h13-24,27-28H,5-12,25-26H2,1-4H3. The van der Waals surface area contributed by atoms with Crippen LogP contribution in [-0.4, -0.2) is 13.2 Å². The molecule has 2 aliphatic carbocycles. The zero-order valence-electron chi connectivity index (χ0n) is 28.2. The molecule has 0 bridgehead atoms. The molecule has 2 unspecified atom stereocenters. The van der Waals surface area contributed by atoms with Crippen LogP contribution in [0.25, 0.3) is 32.7 Å². The monoisotopic (exact) mass is 752 g/mol. The quantitative estimate of drug-likeness (QED) is 0.103. The third kappa shape index (κ3) is 5.62. The third-order valence-electron chi connectivity index (χ3n) is 10.9. The maximum Gasteiger partial charge on any atom is 0.119 e. The Morgan fingerprint density at radius 3 is 1.40 bits per heavy atom. The minimum Gasteiger partial charge on any atom is -0.493 e. The van der Waals surface area contributed by atoms with E-state index in [0.717, 1.165) is 46.5 Å². The molecule has 0 aromatic heterocycles. The van der Waals surface area contributed by atoms with Crippen LogP contribution in [0, 0.1) is 11.8 Å². The minimum absolute atomic E-state index is 0.435. The molecule has 0 saturated heterocycles. The lowest BCUT2D eigenvalue weighted by molar-refractivity contribution is 0.233. The van der Waals surface area contributed by atoms with Gasteiger partial charge in [-0.15, -0.1) is 0 Å². The molecule has 0 heterocycles. The van der Waals surface area contributed by atoms with Crippen molar-refractivity contribution in [3.63, 3.8) is 0 Å². The molecule has 0 amide bonds. The molecular weight excluding hydrogens is 708 g/mol. The zero-order chi connectivity index (χ0) is 32.7. The SMILES string of the molecule is CCCCC(CC)COc1ccc2c(c1)-c1cc(OCC(CC)CCCC)ccc1C21c2cc(Br)cc3ccc4cc(Br)cc1c4c23. The van der Waals surface area contributed by atoms with Gasteiger partial charge in [-0.2, -0.15) is 0 Å². The second-order valence-corrected chi connectivity index (χ2v) is 15.6. The first-order valence-electron chi connectivity index (χ1n) is 17.8. The Hall–Kier alpha value is -2.82. The van der Waals surface area contributed by atoms with Gasteiger partial charge in [0.15, 0.2) is 0 Å². The summed E-state index contributed by atoms with van der Waals surface area (Å²) in [6.07, 6.45) is 9.69. The number of ether oxygens (including phenoxy) is 2. The molecule has 5 aromatic rings. The summed E-state index contributed by atoms with van der Waals surface area (Å²) in [5, 5.41) is 5.26. The number of fused-ring (bicyclic) bond motifs is 7. The molecule has 1 spiro atoms. The van der Waals surface area contributed by atoms with Crippen LogP contribution in [0.15, 0.2) is 81.7 Å². The molecule has 2 atom stereocenters. The Bertz CT molecular complexity index is 1800. The van der Waals surface area contributed by atoms with Gasteiger partial charge in [0.2, 0.25) is 0 Å².